The molecule has 6 aromatic carbocycles. The zero-order valence-corrected chi connectivity index (χ0v) is 36.3. The Bertz CT molecular complexity index is 3420. The minimum absolute atomic E-state index is 0.115. The Morgan fingerprint density at radius 2 is 1.28 bits per heavy atom. The number of fused-ring (bicyclic) bond motifs is 2. The minimum atomic E-state index is -4.71. The van der Waals surface area contributed by atoms with Gasteiger partial charge in [0.15, 0.2) is 0 Å². The van der Waals surface area contributed by atoms with Crippen LogP contribution in [0.25, 0.3) is 66.4 Å². The standard InChI is InChI=1S/C49H35Cl2N3O10S/c50-34-25-40-44(31-11-5-2-6-12-31)47(63-49(56)46(40)41(51)26-34)33-15-17-36(18-16-33)61-29-35-28-54(53-52-35)23-7-8-24-60-38-21-22-39-42(27-38)62-48(55)45(43(39)30-9-3-1-4-10-30)32-13-19-37(20-14-32)64-65(57,58)59/h1-6,9-22,25-28H,7-8,23-24,29H2,(H,57,58,59). The fourth-order valence-corrected chi connectivity index (χ4v) is 8.49. The van der Waals surface area contributed by atoms with Gasteiger partial charge in [0.2, 0.25) is 0 Å². The van der Waals surface area contributed by atoms with Crippen molar-refractivity contribution in [3.8, 4) is 62.0 Å². The molecule has 326 valence electrons. The zero-order chi connectivity index (χ0) is 45.1. The third-order valence-corrected chi connectivity index (χ3v) is 11.4. The third kappa shape index (κ3) is 9.66. The van der Waals surface area contributed by atoms with Crippen LogP contribution in [0.3, 0.4) is 0 Å². The lowest BCUT2D eigenvalue weighted by Gasteiger charge is -2.14. The maximum atomic E-state index is 13.6. The van der Waals surface area contributed by atoms with E-state index in [1.54, 1.807) is 28.9 Å². The zero-order valence-electron chi connectivity index (χ0n) is 34.0. The van der Waals surface area contributed by atoms with E-state index < -0.39 is 21.7 Å². The van der Waals surface area contributed by atoms with Gasteiger partial charge in [-0.2, -0.15) is 8.42 Å². The maximum absolute atomic E-state index is 13.6. The number of hydrogen-bond acceptors (Lipinski definition) is 11. The number of aryl methyl sites for hydroxylation is 1. The van der Waals surface area contributed by atoms with Crippen LogP contribution in [0.4, 0.5) is 0 Å². The fraction of sp³-hybridized carbons (Fsp3) is 0.102. The summed E-state index contributed by atoms with van der Waals surface area (Å²) in [6.45, 7) is 1.18. The molecule has 13 nitrogen and oxygen atoms in total. The molecule has 0 aliphatic heterocycles. The fourth-order valence-electron chi connectivity index (χ4n) is 7.57. The molecule has 0 aliphatic carbocycles. The Labute approximate surface area is 380 Å². The van der Waals surface area contributed by atoms with Gasteiger partial charge in [0, 0.05) is 45.1 Å². The van der Waals surface area contributed by atoms with E-state index in [4.69, 9.17) is 46.1 Å². The molecule has 0 saturated heterocycles. The van der Waals surface area contributed by atoms with Crippen LogP contribution in [0.5, 0.6) is 17.2 Å². The van der Waals surface area contributed by atoms with E-state index in [1.165, 1.54) is 30.3 Å². The van der Waals surface area contributed by atoms with Crippen LogP contribution in [0, 0.1) is 0 Å². The molecule has 65 heavy (non-hydrogen) atoms. The van der Waals surface area contributed by atoms with Gasteiger partial charge in [-0.1, -0.05) is 101 Å². The van der Waals surface area contributed by atoms with Gasteiger partial charge in [0.05, 0.1) is 28.8 Å². The van der Waals surface area contributed by atoms with E-state index in [-0.39, 0.29) is 28.3 Å². The smallest absolute Gasteiger partial charge is 0.446 e. The van der Waals surface area contributed by atoms with Crippen molar-refractivity contribution in [2.75, 3.05) is 6.61 Å². The number of hydrogen-bond donors (Lipinski definition) is 1. The maximum Gasteiger partial charge on any atom is 0.446 e. The lowest BCUT2D eigenvalue weighted by molar-refractivity contribution is 0.300. The van der Waals surface area contributed by atoms with Gasteiger partial charge in [0.1, 0.15) is 40.9 Å². The Hall–Kier alpha value is -7.23. The molecule has 0 aliphatic rings. The van der Waals surface area contributed by atoms with Gasteiger partial charge in [-0.3, -0.25) is 9.23 Å². The monoisotopic (exact) mass is 927 g/mol. The van der Waals surface area contributed by atoms with Crippen molar-refractivity contribution in [1.82, 2.24) is 15.0 Å². The highest BCUT2D eigenvalue weighted by Crippen LogP contribution is 2.41. The summed E-state index contributed by atoms with van der Waals surface area (Å²) in [5.41, 5.74) is 4.16. The summed E-state index contributed by atoms with van der Waals surface area (Å²) in [6.07, 6.45) is 3.28. The lowest BCUT2D eigenvalue weighted by atomic mass is 9.93. The van der Waals surface area contributed by atoms with Crippen molar-refractivity contribution in [1.29, 1.82) is 0 Å². The van der Waals surface area contributed by atoms with Crippen LogP contribution in [0.2, 0.25) is 10.0 Å². The average Bonchev–Trinajstić information content (AvgIpc) is 3.75. The quantitative estimate of drug-likeness (QED) is 0.0586. The molecule has 1 N–H and O–H groups in total. The Morgan fingerprint density at radius 1 is 0.631 bits per heavy atom. The molecule has 0 atom stereocenters. The second-order valence-corrected chi connectivity index (χ2v) is 16.7. The van der Waals surface area contributed by atoms with Crippen molar-refractivity contribution in [2.45, 2.75) is 26.0 Å². The van der Waals surface area contributed by atoms with Crippen molar-refractivity contribution in [2.24, 2.45) is 0 Å². The van der Waals surface area contributed by atoms with Crippen molar-refractivity contribution in [3.63, 3.8) is 0 Å². The molecule has 0 spiro atoms. The van der Waals surface area contributed by atoms with E-state index in [2.05, 4.69) is 14.5 Å². The second kappa shape index (κ2) is 18.5. The summed E-state index contributed by atoms with van der Waals surface area (Å²) in [7, 11) is -4.71. The lowest BCUT2D eigenvalue weighted by Crippen LogP contribution is -2.08. The molecular formula is C49H35Cl2N3O10S. The second-order valence-electron chi connectivity index (χ2n) is 14.8. The summed E-state index contributed by atoms with van der Waals surface area (Å²) in [6, 6.07) is 40.5. The van der Waals surface area contributed by atoms with Gasteiger partial charge in [-0.05, 0) is 90.2 Å². The molecular weight excluding hydrogens is 894 g/mol. The predicted molar refractivity (Wildman–Crippen MR) is 248 cm³/mol. The molecule has 3 heterocycles. The van der Waals surface area contributed by atoms with Gasteiger partial charge < -0.3 is 22.5 Å². The number of unbranched alkanes of at least 4 members (excludes halogenated alkanes) is 1. The number of rotatable bonds is 15. The van der Waals surface area contributed by atoms with Crippen LogP contribution in [0.15, 0.2) is 164 Å². The molecule has 0 bridgehead atoms. The van der Waals surface area contributed by atoms with Crippen molar-refractivity contribution in [3.05, 3.63) is 182 Å². The van der Waals surface area contributed by atoms with E-state index in [0.29, 0.717) is 86.2 Å². The Balaban J connectivity index is 0.818. The summed E-state index contributed by atoms with van der Waals surface area (Å²) in [5.74, 6) is 1.38. The van der Waals surface area contributed by atoms with Crippen LogP contribution >= 0.6 is 23.2 Å². The van der Waals surface area contributed by atoms with Crippen molar-refractivity contribution >= 4 is 55.3 Å². The highest BCUT2D eigenvalue weighted by Gasteiger charge is 2.21. The summed E-state index contributed by atoms with van der Waals surface area (Å²) in [4.78, 5) is 26.7. The van der Waals surface area contributed by atoms with Crippen LogP contribution in [-0.4, -0.2) is 34.6 Å². The number of benzene rings is 6. The van der Waals surface area contributed by atoms with Crippen LogP contribution in [0.1, 0.15) is 18.5 Å². The van der Waals surface area contributed by atoms with Gasteiger partial charge in [-0.25, -0.2) is 9.59 Å². The third-order valence-electron chi connectivity index (χ3n) is 10.4. The highest BCUT2D eigenvalue weighted by molar-refractivity contribution is 7.81. The summed E-state index contributed by atoms with van der Waals surface area (Å²) < 4.78 is 61.5. The molecule has 3 aromatic heterocycles. The van der Waals surface area contributed by atoms with Crippen molar-refractivity contribution < 1.29 is 35.5 Å². The molecule has 0 saturated carbocycles. The first-order chi connectivity index (χ1) is 31.5. The SMILES string of the molecule is O=c1oc2cc(OCCCCn3cc(COc4ccc(-c5oc(=O)c6c(Cl)cc(Cl)cc6c5-c5ccccc5)cc4)nn3)ccc2c(-c2ccccc2)c1-c1ccc(OS(=O)(=O)O)cc1. The molecule has 0 unspecified atom stereocenters. The Morgan fingerprint density at radius 3 is 1.98 bits per heavy atom. The summed E-state index contributed by atoms with van der Waals surface area (Å²) >= 11 is 12.8. The average molecular weight is 929 g/mol. The first-order valence-electron chi connectivity index (χ1n) is 20.2. The van der Waals surface area contributed by atoms with E-state index >= 15 is 0 Å². The highest BCUT2D eigenvalue weighted by atomic mass is 35.5. The molecule has 0 radical (unpaired) electrons. The van der Waals surface area contributed by atoms with Gasteiger partial charge >= 0.3 is 21.7 Å². The van der Waals surface area contributed by atoms with E-state index in [9.17, 15) is 18.0 Å². The van der Waals surface area contributed by atoms with E-state index in [0.717, 1.165) is 17.5 Å². The molecule has 0 amide bonds. The topological polar surface area (TPSA) is 173 Å². The molecule has 9 aromatic rings. The number of ether oxygens (including phenoxy) is 2. The largest absolute Gasteiger partial charge is 0.493 e. The Kier molecular flexibility index (Phi) is 12.2. The predicted octanol–water partition coefficient (Wildman–Crippen LogP) is 11.1. The van der Waals surface area contributed by atoms with Gasteiger partial charge in [0.25, 0.3) is 0 Å². The first kappa shape index (κ1) is 43.0. The molecule has 16 heteroatoms. The minimum Gasteiger partial charge on any atom is -0.493 e. The number of halogens is 2. The van der Waals surface area contributed by atoms with Crippen LogP contribution < -0.4 is 24.9 Å². The first-order valence-corrected chi connectivity index (χ1v) is 22.3. The number of nitrogens with zero attached hydrogens (tertiary/aromatic N) is 3. The molecule has 9 rings (SSSR count). The van der Waals surface area contributed by atoms with Crippen LogP contribution in [-0.2, 0) is 23.6 Å². The molecule has 0 fully saturated rings. The van der Waals surface area contributed by atoms with Gasteiger partial charge in [-0.15, -0.1) is 5.10 Å². The summed E-state index contributed by atoms with van der Waals surface area (Å²) in [5, 5.41) is 10.7. The normalized spacial score (nSPS) is 11.6. The number of aromatic nitrogens is 3. The van der Waals surface area contributed by atoms with E-state index in [1.807, 2.05) is 91.1 Å².